The lowest BCUT2D eigenvalue weighted by molar-refractivity contribution is 0.506. The first-order valence-electron chi connectivity index (χ1n) is 6.52. The molecular formula is C16H17NS2. The third-order valence-corrected chi connectivity index (χ3v) is 5.70. The van der Waals surface area contributed by atoms with Crippen LogP contribution in [0.15, 0.2) is 47.8 Å². The molecule has 0 bridgehead atoms. The van der Waals surface area contributed by atoms with Gasteiger partial charge in [0.05, 0.1) is 0 Å². The molecule has 3 heteroatoms. The predicted molar refractivity (Wildman–Crippen MR) is 86.1 cm³/mol. The fraction of sp³-hybridized carbons (Fsp3) is 0.250. The highest BCUT2D eigenvalue weighted by molar-refractivity contribution is 7.19. The van der Waals surface area contributed by atoms with Crippen LogP contribution in [0.3, 0.4) is 0 Å². The van der Waals surface area contributed by atoms with Crippen molar-refractivity contribution < 1.29 is 0 Å². The lowest BCUT2D eigenvalue weighted by atomic mass is 10.2. The number of hydrogen-bond acceptors (Lipinski definition) is 3. The monoisotopic (exact) mass is 287 g/mol. The average molecular weight is 287 g/mol. The Hall–Kier alpha value is -1.16. The fourth-order valence-corrected chi connectivity index (χ4v) is 4.11. The molecule has 3 rings (SSSR count). The molecular weight excluding hydrogens is 270 g/mol. The van der Waals surface area contributed by atoms with Crippen LogP contribution in [0.25, 0.3) is 10.1 Å². The standard InChI is InChI=1S/C16H17NS2/c1-11(14-8-5-9-18-14)17-12(2)16-10-13-6-3-4-7-15(13)19-16/h3-12,17H,1-2H3/t11-,12?/m1/s1. The number of hydrogen-bond donors (Lipinski definition) is 1. The van der Waals surface area contributed by atoms with Crippen molar-refractivity contribution in [3.63, 3.8) is 0 Å². The molecule has 0 spiro atoms. The Labute approximate surface area is 121 Å². The van der Waals surface area contributed by atoms with Crippen LogP contribution in [0.1, 0.15) is 35.7 Å². The van der Waals surface area contributed by atoms with E-state index in [9.17, 15) is 0 Å². The SMILES string of the molecule is CC(N[C@H](C)c1cccs1)c1cc2ccccc2s1. The lowest BCUT2D eigenvalue weighted by Crippen LogP contribution is -2.20. The van der Waals surface area contributed by atoms with Gasteiger partial charge in [-0.25, -0.2) is 0 Å². The maximum absolute atomic E-state index is 3.68. The molecule has 2 heterocycles. The van der Waals surface area contributed by atoms with Gasteiger partial charge in [-0.15, -0.1) is 22.7 Å². The Morgan fingerprint density at radius 2 is 1.74 bits per heavy atom. The van der Waals surface area contributed by atoms with Crippen LogP contribution in [0.5, 0.6) is 0 Å². The van der Waals surface area contributed by atoms with E-state index < -0.39 is 0 Å². The summed E-state index contributed by atoms with van der Waals surface area (Å²) in [6.45, 7) is 4.48. The van der Waals surface area contributed by atoms with E-state index in [1.165, 1.54) is 19.8 Å². The van der Waals surface area contributed by atoms with Crippen LogP contribution in [0.4, 0.5) is 0 Å². The van der Waals surface area contributed by atoms with Crippen molar-refractivity contribution in [2.75, 3.05) is 0 Å². The third kappa shape index (κ3) is 2.73. The number of nitrogens with one attached hydrogen (secondary N) is 1. The maximum Gasteiger partial charge on any atom is 0.0391 e. The normalized spacial score (nSPS) is 14.6. The Bertz CT molecular complexity index is 621. The van der Waals surface area contributed by atoms with Gasteiger partial charge in [0.2, 0.25) is 0 Å². The first-order chi connectivity index (χ1) is 9.24. The Balaban J connectivity index is 1.78. The highest BCUT2D eigenvalue weighted by atomic mass is 32.1. The van der Waals surface area contributed by atoms with Crippen LogP contribution in [0.2, 0.25) is 0 Å². The van der Waals surface area contributed by atoms with E-state index in [0.717, 1.165) is 0 Å². The summed E-state index contributed by atoms with van der Waals surface area (Å²) in [4.78, 5) is 2.80. The molecule has 0 fully saturated rings. The average Bonchev–Trinajstić information content (AvgIpc) is 3.07. The minimum Gasteiger partial charge on any atom is -0.302 e. The molecule has 98 valence electrons. The van der Waals surface area contributed by atoms with E-state index in [4.69, 9.17) is 0 Å². The molecule has 0 aliphatic carbocycles. The molecule has 1 N–H and O–H groups in total. The molecule has 0 saturated heterocycles. The van der Waals surface area contributed by atoms with Crippen molar-refractivity contribution in [3.8, 4) is 0 Å². The summed E-state index contributed by atoms with van der Waals surface area (Å²) >= 11 is 3.70. The zero-order chi connectivity index (χ0) is 13.2. The molecule has 2 atom stereocenters. The van der Waals surface area contributed by atoms with E-state index in [2.05, 4.69) is 67.0 Å². The summed E-state index contributed by atoms with van der Waals surface area (Å²) in [5, 5.41) is 7.16. The zero-order valence-corrected chi connectivity index (χ0v) is 12.7. The second-order valence-electron chi connectivity index (χ2n) is 4.81. The summed E-state index contributed by atoms with van der Waals surface area (Å²) in [7, 11) is 0. The molecule has 0 aliphatic rings. The van der Waals surface area contributed by atoms with Gasteiger partial charge in [0.1, 0.15) is 0 Å². The maximum atomic E-state index is 3.68. The summed E-state index contributed by atoms with van der Waals surface area (Å²) in [5.41, 5.74) is 0. The Morgan fingerprint density at radius 3 is 2.47 bits per heavy atom. The van der Waals surface area contributed by atoms with Gasteiger partial charge in [-0.05, 0) is 42.8 Å². The van der Waals surface area contributed by atoms with Crippen molar-refractivity contribution in [1.82, 2.24) is 5.32 Å². The van der Waals surface area contributed by atoms with Crippen LogP contribution in [0, 0.1) is 0 Å². The third-order valence-electron chi connectivity index (χ3n) is 3.34. The highest BCUT2D eigenvalue weighted by Crippen LogP contribution is 2.31. The van der Waals surface area contributed by atoms with Crippen LogP contribution in [-0.4, -0.2) is 0 Å². The fourth-order valence-electron chi connectivity index (χ4n) is 2.29. The van der Waals surface area contributed by atoms with Crippen LogP contribution < -0.4 is 5.32 Å². The summed E-state index contributed by atoms with van der Waals surface area (Å²) in [5.74, 6) is 0. The van der Waals surface area contributed by atoms with Crippen molar-refractivity contribution in [1.29, 1.82) is 0 Å². The van der Waals surface area contributed by atoms with Gasteiger partial charge in [-0.1, -0.05) is 24.3 Å². The van der Waals surface area contributed by atoms with Crippen LogP contribution in [-0.2, 0) is 0 Å². The first kappa shape index (κ1) is 12.9. The van der Waals surface area contributed by atoms with Crippen molar-refractivity contribution in [2.45, 2.75) is 25.9 Å². The molecule has 0 radical (unpaired) electrons. The highest BCUT2D eigenvalue weighted by Gasteiger charge is 2.13. The Kier molecular flexibility index (Phi) is 3.69. The molecule has 3 aromatic rings. The first-order valence-corrected chi connectivity index (χ1v) is 8.21. The van der Waals surface area contributed by atoms with Gasteiger partial charge < -0.3 is 5.32 Å². The van der Waals surface area contributed by atoms with E-state index in [1.54, 1.807) is 0 Å². The second-order valence-corrected chi connectivity index (χ2v) is 6.91. The molecule has 1 aromatic carbocycles. The van der Waals surface area contributed by atoms with Gasteiger partial charge in [0, 0.05) is 26.5 Å². The molecule has 19 heavy (non-hydrogen) atoms. The Morgan fingerprint density at radius 1 is 0.947 bits per heavy atom. The van der Waals surface area contributed by atoms with E-state index in [1.807, 2.05) is 22.7 Å². The minimum absolute atomic E-state index is 0.384. The quantitative estimate of drug-likeness (QED) is 0.680. The van der Waals surface area contributed by atoms with Gasteiger partial charge in [0.25, 0.3) is 0 Å². The van der Waals surface area contributed by atoms with E-state index in [-0.39, 0.29) is 0 Å². The van der Waals surface area contributed by atoms with E-state index >= 15 is 0 Å². The molecule has 2 aromatic heterocycles. The number of rotatable bonds is 4. The molecule has 0 saturated carbocycles. The van der Waals surface area contributed by atoms with Gasteiger partial charge in [-0.2, -0.15) is 0 Å². The topological polar surface area (TPSA) is 12.0 Å². The number of benzene rings is 1. The predicted octanol–water partition coefficient (Wildman–Crippen LogP) is 5.37. The van der Waals surface area contributed by atoms with Gasteiger partial charge >= 0.3 is 0 Å². The smallest absolute Gasteiger partial charge is 0.0391 e. The molecule has 0 amide bonds. The summed E-state index contributed by atoms with van der Waals surface area (Å²) < 4.78 is 1.37. The van der Waals surface area contributed by atoms with Gasteiger partial charge in [0.15, 0.2) is 0 Å². The van der Waals surface area contributed by atoms with E-state index in [0.29, 0.717) is 12.1 Å². The van der Waals surface area contributed by atoms with Crippen molar-refractivity contribution in [2.24, 2.45) is 0 Å². The largest absolute Gasteiger partial charge is 0.302 e. The molecule has 0 aliphatic heterocycles. The lowest BCUT2D eigenvalue weighted by Gasteiger charge is -2.17. The van der Waals surface area contributed by atoms with Crippen molar-refractivity contribution in [3.05, 3.63) is 57.6 Å². The molecule has 1 nitrogen and oxygen atoms in total. The molecule has 1 unspecified atom stereocenters. The summed E-state index contributed by atoms with van der Waals surface area (Å²) in [6.07, 6.45) is 0. The zero-order valence-electron chi connectivity index (χ0n) is 11.1. The number of thiophene rings is 2. The van der Waals surface area contributed by atoms with Crippen LogP contribution >= 0.6 is 22.7 Å². The summed E-state index contributed by atoms with van der Waals surface area (Å²) in [6, 6.07) is 16.0. The second kappa shape index (κ2) is 5.45. The minimum atomic E-state index is 0.384. The van der Waals surface area contributed by atoms with Gasteiger partial charge in [-0.3, -0.25) is 0 Å². The van der Waals surface area contributed by atoms with Crippen molar-refractivity contribution >= 4 is 32.8 Å². The number of fused-ring (bicyclic) bond motifs is 1.